The second-order valence-corrected chi connectivity index (χ2v) is 15.3. The van der Waals surface area contributed by atoms with Gasteiger partial charge in [0.1, 0.15) is 11.6 Å². The van der Waals surface area contributed by atoms with Crippen molar-refractivity contribution in [1.82, 2.24) is 10.2 Å². The van der Waals surface area contributed by atoms with Crippen molar-refractivity contribution in [3.8, 4) is 11.5 Å². The lowest BCUT2D eigenvalue weighted by Gasteiger charge is -2.24. The van der Waals surface area contributed by atoms with Crippen molar-refractivity contribution < 1.29 is 43.6 Å². The highest BCUT2D eigenvalue weighted by atomic mass is 32.2. The summed E-state index contributed by atoms with van der Waals surface area (Å²) in [6.45, 7) is 2.45. The van der Waals surface area contributed by atoms with Crippen LogP contribution in [-0.2, 0) is 33.1 Å². The maximum atomic E-state index is 14.6. The number of hydrogen-bond acceptors (Lipinski definition) is 9. The lowest BCUT2D eigenvalue weighted by Crippen LogP contribution is -2.32. The van der Waals surface area contributed by atoms with Crippen molar-refractivity contribution in [3.63, 3.8) is 0 Å². The summed E-state index contributed by atoms with van der Waals surface area (Å²) in [5.41, 5.74) is 6.71. The molecule has 4 aromatic carbocycles. The maximum Gasteiger partial charge on any atom is 0.314 e. The molecule has 0 atom stereocenters. The van der Waals surface area contributed by atoms with Crippen LogP contribution in [0.15, 0.2) is 101 Å². The molecule has 0 radical (unpaired) electrons. The Bertz CT molecular complexity index is 2190. The van der Waals surface area contributed by atoms with Gasteiger partial charge in [0.25, 0.3) is 5.89 Å². The third kappa shape index (κ3) is 9.80. The zero-order chi connectivity index (χ0) is 38.1. The molecule has 0 fully saturated rings. The topological polar surface area (TPSA) is 157 Å². The van der Waals surface area contributed by atoms with Crippen LogP contribution in [0.2, 0.25) is 0 Å². The Morgan fingerprint density at radius 2 is 1.21 bits per heavy atom. The summed E-state index contributed by atoms with van der Waals surface area (Å²) in [7, 11) is -7.23. The fourth-order valence-corrected chi connectivity index (χ4v) is 6.91. The van der Waals surface area contributed by atoms with Crippen LogP contribution in [0.1, 0.15) is 47.6 Å². The summed E-state index contributed by atoms with van der Waals surface area (Å²) >= 11 is 0. The standard InChI is InChI=1S/C18H16F3N3O3S.C17H19FN2O3S/c1-2-28(25,26)24(14-6-4-3-5-7-14)11-13-9-8-12(10-15(13)19)17-22-23-18(27-17)16(20)21;1-2-24(22,23)20(15-6-4-3-5-7-15)12-14-9-8-13(10-16(14)18)17(21)11-19/h3-10,16H,2,11H2,1H3;3-10H,2,11-12,19H2,1H3. The van der Waals surface area contributed by atoms with E-state index in [0.29, 0.717) is 11.4 Å². The quantitative estimate of drug-likeness (QED) is 0.0987. The highest BCUT2D eigenvalue weighted by molar-refractivity contribution is 7.93. The monoisotopic (exact) mass is 761 g/mol. The summed E-state index contributed by atoms with van der Waals surface area (Å²) in [5, 5.41) is 6.67. The number of aromatic nitrogens is 2. The Labute approximate surface area is 298 Å². The number of Topliss-reactive ketones (excluding diaryl/α,β-unsaturated/α-hetero) is 1. The van der Waals surface area contributed by atoms with Gasteiger partial charge in [0.2, 0.25) is 25.9 Å². The van der Waals surface area contributed by atoms with E-state index in [1.54, 1.807) is 60.7 Å². The molecule has 0 spiro atoms. The van der Waals surface area contributed by atoms with Crippen LogP contribution in [0.5, 0.6) is 0 Å². The molecule has 0 bridgehead atoms. The predicted octanol–water partition coefficient (Wildman–Crippen LogP) is 6.49. The first-order chi connectivity index (χ1) is 24.7. The summed E-state index contributed by atoms with van der Waals surface area (Å²) in [6.07, 6.45) is -2.93. The molecule has 276 valence electrons. The van der Waals surface area contributed by atoms with Crippen molar-refractivity contribution >= 4 is 37.2 Å². The van der Waals surface area contributed by atoms with Gasteiger partial charge in [-0.1, -0.05) is 54.6 Å². The predicted molar refractivity (Wildman–Crippen MR) is 189 cm³/mol. The van der Waals surface area contributed by atoms with E-state index in [9.17, 15) is 39.2 Å². The number of nitrogens with two attached hydrogens (primary N) is 1. The average Bonchev–Trinajstić information content (AvgIpc) is 3.65. The number of benzene rings is 4. The Balaban J connectivity index is 0.000000236. The van der Waals surface area contributed by atoms with Gasteiger partial charge in [-0.3, -0.25) is 13.4 Å². The first kappa shape index (κ1) is 39.7. The normalized spacial score (nSPS) is 11.5. The molecule has 11 nitrogen and oxygen atoms in total. The molecule has 1 aromatic heterocycles. The number of anilines is 2. The van der Waals surface area contributed by atoms with Crippen LogP contribution in [-0.4, -0.2) is 50.9 Å². The molecule has 17 heteroatoms. The molecule has 0 aliphatic rings. The molecule has 2 N–H and O–H groups in total. The smallest absolute Gasteiger partial charge is 0.314 e. The van der Waals surface area contributed by atoms with E-state index in [1.165, 1.54) is 38.1 Å². The Kier molecular flexibility index (Phi) is 13.3. The third-order valence-corrected chi connectivity index (χ3v) is 11.1. The minimum Gasteiger partial charge on any atom is -0.415 e. The number of para-hydroxylation sites is 2. The number of nitrogens with zero attached hydrogens (tertiary/aromatic N) is 4. The van der Waals surface area contributed by atoms with Gasteiger partial charge in [-0.25, -0.2) is 25.6 Å². The summed E-state index contributed by atoms with van der Waals surface area (Å²) in [4.78, 5) is 11.5. The summed E-state index contributed by atoms with van der Waals surface area (Å²) in [6, 6.07) is 24.6. The molecule has 0 amide bonds. The molecular formula is C35H35F4N5O6S2. The molecule has 5 rings (SSSR count). The van der Waals surface area contributed by atoms with Gasteiger partial charge < -0.3 is 10.2 Å². The minimum absolute atomic E-state index is 0.104. The van der Waals surface area contributed by atoms with E-state index in [1.807, 2.05) is 0 Å². The highest BCUT2D eigenvalue weighted by Crippen LogP contribution is 2.28. The maximum absolute atomic E-state index is 14.6. The average molecular weight is 762 g/mol. The molecule has 1 heterocycles. The largest absolute Gasteiger partial charge is 0.415 e. The number of ketones is 1. The van der Waals surface area contributed by atoms with Crippen LogP contribution in [0.3, 0.4) is 0 Å². The van der Waals surface area contributed by atoms with Crippen molar-refractivity contribution in [3.05, 3.63) is 131 Å². The lowest BCUT2D eigenvalue weighted by molar-refractivity contribution is 0.100. The van der Waals surface area contributed by atoms with E-state index in [0.717, 1.165) is 20.7 Å². The number of rotatable bonds is 14. The van der Waals surface area contributed by atoms with E-state index in [4.69, 9.17) is 10.2 Å². The fraction of sp³-hybridized carbons (Fsp3) is 0.229. The number of carbonyl (C=O) groups is 1. The third-order valence-electron chi connectivity index (χ3n) is 7.61. The van der Waals surface area contributed by atoms with Crippen molar-refractivity contribution in [2.45, 2.75) is 33.4 Å². The van der Waals surface area contributed by atoms with Crippen LogP contribution >= 0.6 is 0 Å². The molecule has 0 unspecified atom stereocenters. The van der Waals surface area contributed by atoms with Crippen LogP contribution < -0.4 is 14.3 Å². The number of halogens is 4. The zero-order valence-electron chi connectivity index (χ0n) is 28.0. The number of hydrogen-bond donors (Lipinski definition) is 1. The summed E-state index contributed by atoms with van der Waals surface area (Å²) < 4.78 is 111. The number of alkyl halides is 2. The number of carbonyl (C=O) groups excluding carboxylic acids is 1. The van der Waals surface area contributed by atoms with Gasteiger partial charge in [0.15, 0.2) is 5.78 Å². The van der Waals surface area contributed by atoms with E-state index >= 15 is 0 Å². The second-order valence-electron chi connectivity index (χ2n) is 11.0. The fourth-order valence-electron chi connectivity index (χ4n) is 4.72. The van der Waals surface area contributed by atoms with Crippen molar-refractivity contribution in [2.75, 3.05) is 26.7 Å². The van der Waals surface area contributed by atoms with Gasteiger partial charge in [-0.15, -0.1) is 10.2 Å². The van der Waals surface area contributed by atoms with E-state index in [-0.39, 0.29) is 65.1 Å². The molecular weight excluding hydrogens is 727 g/mol. The molecule has 0 saturated heterocycles. The highest BCUT2D eigenvalue weighted by Gasteiger charge is 2.24. The van der Waals surface area contributed by atoms with Gasteiger partial charge in [0, 0.05) is 22.3 Å². The van der Waals surface area contributed by atoms with Gasteiger partial charge >= 0.3 is 6.43 Å². The van der Waals surface area contributed by atoms with Crippen LogP contribution in [0, 0.1) is 11.6 Å². The Morgan fingerprint density at radius 1 is 0.731 bits per heavy atom. The first-order valence-corrected chi connectivity index (χ1v) is 19.0. The van der Waals surface area contributed by atoms with E-state index in [2.05, 4.69) is 10.2 Å². The van der Waals surface area contributed by atoms with Gasteiger partial charge in [-0.2, -0.15) is 8.78 Å². The molecule has 5 aromatic rings. The zero-order valence-corrected chi connectivity index (χ0v) is 29.6. The van der Waals surface area contributed by atoms with Crippen molar-refractivity contribution in [2.24, 2.45) is 5.73 Å². The van der Waals surface area contributed by atoms with Crippen molar-refractivity contribution in [1.29, 1.82) is 0 Å². The number of sulfonamides is 2. The van der Waals surface area contributed by atoms with Crippen LogP contribution in [0.4, 0.5) is 28.9 Å². The van der Waals surface area contributed by atoms with Gasteiger partial charge in [-0.05, 0) is 56.3 Å². The molecule has 0 aliphatic heterocycles. The Hall–Kier alpha value is -5.13. The van der Waals surface area contributed by atoms with Crippen LogP contribution in [0.25, 0.3) is 11.5 Å². The first-order valence-electron chi connectivity index (χ1n) is 15.7. The Morgan fingerprint density at radius 3 is 1.62 bits per heavy atom. The van der Waals surface area contributed by atoms with Gasteiger partial charge in [0.05, 0.1) is 42.5 Å². The second kappa shape index (κ2) is 17.4. The SMILES string of the molecule is CCS(=O)(=O)N(Cc1ccc(-c2nnc(C(F)F)o2)cc1F)c1ccccc1.CCS(=O)(=O)N(Cc1ccc(C(=O)CN)cc1F)c1ccccc1. The molecule has 0 aliphatic carbocycles. The lowest BCUT2D eigenvalue weighted by atomic mass is 10.1. The van der Waals surface area contributed by atoms with E-state index < -0.39 is 44.0 Å². The minimum atomic E-state index is -3.65. The summed E-state index contributed by atoms with van der Waals surface area (Å²) in [5.74, 6) is -3.09. The molecule has 52 heavy (non-hydrogen) atoms. The molecule has 0 saturated carbocycles.